The number of imidazole rings is 1. The quantitative estimate of drug-likeness (QED) is 0.827. The largest absolute Gasteiger partial charge is 0.476 e. The van der Waals surface area contributed by atoms with Gasteiger partial charge in [-0.25, -0.2) is 14.8 Å². The predicted octanol–water partition coefficient (Wildman–Crippen LogP) is 3.77. The van der Waals surface area contributed by atoms with Gasteiger partial charge in [-0.15, -0.1) is 0 Å². The fourth-order valence-electron chi connectivity index (χ4n) is 1.68. The molecule has 0 spiro atoms. The molecule has 0 saturated carbocycles. The third kappa shape index (κ3) is 2.78. The number of rotatable bonds is 2. The summed E-state index contributed by atoms with van der Waals surface area (Å²) in [6.07, 6.45) is 0. The number of carbonyl (C=O) groups is 1. The lowest BCUT2D eigenvalue weighted by molar-refractivity contribution is 0.0692. The Balaban J connectivity index is 2.66. The highest BCUT2D eigenvalue weighted by molar-refractivity contribution is 6.34. The highest BCUT2D eigenvalue weighted by atomic mass is 35.5. The van der Waals surface area contributed by atoms with Crippen LogP contribution in [0, 0.1) is 0 Å². The standard InChI is InChI=1S/C13H13Cl2N3O2/c1-13(2,3)12-17-8(9(18-12)11(19)20)6-4-5-7(14)16-10(6)15/h4-5H,1-3H3,(H,17,18)(H,19,20). The number of aromatic amines is 1. The minimum Gasteiger partial charge on any atom is -0.476 e. The van der Waals surface area contributed by atoms with Crippen LogP contribution in [0.1, 0.15) is 37.1 Å². The second kappa shape index (κ2) is 5.07. The molecule has 0 fully saturated rings. The van der Waals surface area contributed by atoms with Crippen LogP contribution >= 0.6 is 23.2 Å². The monoisotopic (exact) mass is 313 g/mol. The normalized spacial score (nSPS) is 11.7. The van der Waals surface area contributed by atoms with Crippen molar-refractivity contribution >= 4 is 29.2 Å². The van der Waals surface area contributed by atoms with Crippen LogP contribution < -0.4 is 0 Å². The first-order chi connectivity index (χ1) is 9.20. The van der Waals surface area contributed by atoms with E-state index in [4.69, 9.17) is 23.2 Å². The molecule has 0 saturated heterocycles. The summed E-state index contributed by atoms with van der Waals surface area (Å²) in [5.74, 6) is -0.561. The SMILES string of the molecule is CC(C)(C)c1nc(C(=O)O)c(-c2ccc(Cl)nc2Cl)[nH]1. The number of pyridine rings is 1. The maximum atomic E-state index is 11.3. The van der Waals surface area contributed by atoms with Crippen molar-refractivity contribution in [2.75, 3.05) is 0 Å². The molecule has 5 nitrogen and oxygen atoms in total. The molecule has 2 rings (SSSR count). The molecule has 106 valence electrons. The molecule has 0 aromatic carbocycles. The zero-order valence-electron chi connectivity index (χ0n) is 11.2. The molecule has 2 aromatic heterocycles. The molecule has 0 aliphatic rings. The topological polar surface area (TPSA) is 78.9 Å². The van der Waals surface area contributed by atoms with Crippen LogP contribution in [0.2, 0.25) is 10.3 Å². The lowest BCUT2D eigenvalue weighted by Gasteiger charge is -2.14. The number of carboxylic acids is 1. The number of halogens is 2. The summed E-state index contributed by atoms with van der Waals surface area (Å²) in [7, 11) is 0. The third-order valence-corrected chi connectivity index (χ3v) is 3.20. The molecule has 20 heavy (non-hydrogen) atoms. The maximum absolute atomic E-state index is 11.3. The van der Waals surface area contributed by atoms with Gasteiger partial charge in [0.1, 0.15) is 16.1 Å². The lowest BCUT2D eigenvalue weighted by atomic mass is 9.96. The average Bonchev–Trinajstić information content (AvgIpc) is 2.73. The van der Waals surface area contributed by atoms with Crippen LogP contribution in [0.5, 0.6) is 0 Å². The van der Waals surface area contributed by atoms with Crippen molar-refractivity contribution in [3.63, 3.8) is 0 Å². The van der Waals surface area contributed by atoms with Gasteiger partial charge in [-0.05, 0) is 12.1 Å². The summed E-state index contributed by atoms with van der Waals surface area (Å²) in [5, 5.41) is 9.65. The van der Waals surface area contributed by atoms with Crippen molar-refractivity contribution in [3.8, 4) is 11.3 Å². The molecule has 0 bridgehead atoms. The third-order valence-electron chi connectivity index (χ3n) is 2.70. The van der Waals surface area contributed by atoms with Gasteiger partial charge in [-0.2, -0.15) is 0 Å². The molecule has 2 N–H and O–H groups in total. The van der Waals surface area contributed by atoms with Crippen molar-refractivity contribution in [3.05, 3.63) is 34.0 Å². The Morgan fingerprint density at radius 2 is 1.90 bits per heavy atom. The van der Waals surface area contributed by atoms with Gasteiger partial charge in [0.25, 0.3) is 0 Å². The second-order valence-corrected chi connectivity index (χ2v) is 6.08. The van der Waals surface area contributed by atoms with Crippen LogP contribution in [0.3, 0.4) is 0 Å². The van der Waals surface area contributed by atoms with Gasteiger partial charge >= 0.3 is 5.97 Å². The van der Waals surface area contributed by atoms with E-state index in [9.17, 15) is 9.90 Å². The fourth-order valence-corrected chi connectivity index (χ4v) is 2.12. The summed E-state index contributed by atoms with van der Waals surface area (Å²) in [6.45, 7) is 5.80. The first-order valence-corrected chi connectivity index (χ1v) is 6.62. The number of H-pyrrole nitrogens is 1. The van der Waals surface area contributed by atoms with Crippen LogP contribution in [0.15, 0.2) is 12.1 Å². The lowest BCUT2D eigenvalue weighted by Crippen LogP contribution is -2.13. The molecule has 0 aliphatic carbocycles. The summed E-state index contributed by atoms with van der Waals surface area (Å²) < 4.78 is 0. The molecular weight excluding hydrogens is 301 g/mol. The van der Waals surface area contributed by atoms with E-state index in [0.29, 0.717) is 17.1 Å². The molecule has 0 aliphatic heterocycles. The van der Waals surface area contributed by atoms with Crippen molar-refractivity contribution in [2.45, 2.75) is 26.2 Å². The van der Waals surface area contributed by atoms with Gasteiger partial charge in [0.05, 0.1) is 5.69 Å². The number of hydrogen-bond acceptors (Lipinski definition) is 3. The number of aromatic nitrogens is 3. The maximum Gasteiger partial charge on any atom is 0.356 e. The first-order valence-electron chi connectivity index (χ1n) is 5.86. The second-order valence-electron chi connectivity index (χ2n) is 5.34. The molecule has 0 atom stereocenters. The van der Waals surface area contributed by atoms with Crippen molar-refractivity contribution < 1.29 is 9.90 Å². The van der Waals surface area contributed by atoms with Gasteiger partial charge in [0.15, 0.2) is 5.69 Å². The van der Waals surface area contributed by atoms with Crippen LogP contribution in [0.25, 0.3) is 11.3 Å². The fraction of sp³-hybridized carbons (Fsp3) is 0.308. The van der Waals surface area contributed by atoms with Gasteiger partial charge in [0, 0.05) is 11.0 Å². The van der Waals surface area contributed by atoms with E-state index in [2.05, 4.69) is 15.0 Å². The molecule has 0 amide bonds. The number of nitrogens with zero attached hydrogens (tertiary/aromatic N) is 2. The first kappa shape index (κ1) is 14.8. The van der Waals surface area contributed by atoms with Gasteiger partial charge in [-0.1, -0.05) is 44.0 Å². The number of nitrogens with one attached hydrogen (secondary N) is 1. The van der Waals surface area contributed by atoms with Crippen LogP contribution in [0.4, 0.5) is 0 Å². The van der Waals surface area contributed by atoms with Crippen molar-refractivity contribution in [1.82, 2.24) is 15.0 Å². The summed E-state index contributed by atoms with van der Waals surface area (Å²) in [4.78, 5) is 22.4. The zero-order chi connectivity index (χ0) is 15.1. The van der Waals surface area contributed by atoms with Crippen LogP contribution in [-0.4, -0.2) is 26.0 Å². The number of hydrogen-bond donors (Lipinski definition) is 2. The zero-order valence-corrected chi connectivity index (χ0v) is 12.7. The Bertz CT molecular complexity index is 675. The molecule has 2 heterocycles. The van der Waals surface area contributed by atoms with Crippen molar-refractivity contribution in [1.29, 1.82) is 0 Å². The Kier molecular flexibility index (Phi) is 3.75. The van der Waals surface area contributed by atoms with E-state index in [1.807, 2.05) is 20.8 Å². The Morgan fingerprint density at radius 3 is 2.40 bits per heavy atom. The van der Waals surface area contributed by atoms with E-state index < -0.39 is 5.97 Å². The minimum atomic E-state index is -1.13. The van der Waals surface area contributed by atoms with E-state index >= 15 is 0 Å². The van der Waals surface area contributed by atoms with Crippen LogP contribution in [-0.2, 0) is 5.41 Å². The van der Waals surface area contributed by atoms with Gasteiger partial charge < -0.3 is 10.1 Å². The molecule has 0 unspecified atom stereocenters. The van der Waals surface area contributed by atoms with E-state index in [1.165, 1.54) is 0 Å². The average molecular weight is 314 g/mol. The van der Waals surface area contributed by atoms with Gasteiger partial charge in [-0.3, -0.25) is 0 Å². The summed E-state index contributed by atoms with van der Waals surface area (Å²) in [6, 6.07) is 3.16. The molecular formula is C13H13Cl2N3O2. The molecule has 0 radical (unpaired) electrons. The number of aromatic carboxylic acids is 1. The summed E-state index contributed by atoms with van der Waals surface area (Å²) in [5.41, 5.74) is 0.392. The Morgan fingerprint density at radius 1 is 1.25 bits per heavy atom. The van der Waals surface area contributed by atoms with Gasteiger partial charge in [0.2, 0.25) is 0 Å². The molecule has 2 aromatic rings. The van der Waals surface area contributed by atoms with Crippen molar-refractivity contribution in [2.24, 2.45) is 0 Å². The summed E-state index contributed by atoms with van der Waals surface area (Å²) >= 11 is 11.8. The van der Waals surface area contributed by atoms with E-state index in [0.717, 1.165) is 0 Å². The smallest absolute Gasteiger partial charge is 0.356 e. The predicted molar refractivity (Wildman–Crippen MR) is 77.5 cm³/mol. The highest BCUT2D eigenvalue weighted by Gasteiger charge is 2.25. The Labute approximate surface area is 126 Å². The van der Waals surface area contributed by atoms with E-state index in [-0.39, 0.29) is 21.4 Å². The highest BCUT2D eigenvalue weighted by Crippen LogP contribution is 2.31. The number of carboxylic acid groups (broad SMARTS) is 1. The minimum absolute atomic E-state index is 0.0825. The van der Waals surface area contributed by atoms with E-state index in [1.54, 1.807) is 12.1 Å². The Hall–Kier alpha value is -1.59. The molecule has 7 heteroatoms.